The Balaban J connectivity index is 0.000000371. The van der Waals surface area contributed by atoms with Crippen molar-refractivity contribution in [2.75, 3.05) is 0 Å². The van der Waals surface area contributed by atoms with E-state index in [2.05, 4.69) is 20.9 Å². The van der Waals surface area contributed by atoms with Gasteiger partial charge in [0.2, 0.25) is 0 Å². The van der Waals surface area contributed by atoms with Gasteiger partial charge in [0, 0.05) is 6.20 Å². The molecule has 0 N–H and O–H groups in total. The molecule has 0 unspecified atom stereocenters. The Morgan fingerprint density at radius 2 is 2.20 bits per heavy atom. The van der Waals surface area contributed by atoms with Gasteiger partial charge in [-0.1, -0.05) is 0 Å². The fourth-order valence-corrected chi connectivity index (χ4v) is 0.617. The summed E-state index contributed by atoms with van der Waals surface area (Å²) in [5, 5.41) is 0. The van der Waals surface area contributed by atoms with E-state index in [9.17, 15) is 4.39 Å². The molecule has 0 atom stereocenters. The zero-order chi connectivity index (χ0) is 7.98. The van der Waals surface area contributed by atoms with Crippen molar-refractivity contribution in [1.29, 1.82) is 0 Å². The van der Waals surface area contributed by atoms with Gasteiger partial charge in [0.25, 0.3) is 0 Å². The molecular formula is C6H5BrFNO. The summed E-state index contributed by atoms with van der Waals surface area (Å²) in [7, 11) is 0. The van der Waals surface area contributed by atoms with Gasteiger partial charge in [0.15, 0.2) is 5.82 Å². The van der Waals surface area contributed by atoms with E-state index in [-0.39, 0.29) is 10.4 Å². The molecule has 54 valence electrons. The SMILES string of the molecule is C=O.Fc1cccnc1Br. The molecule has 0 saturated heterocycles. The van der Waals surface area contributed by atoms with Crippen LogP contribution >= 0.6 is 15.9 Å². The molecule has 1 heterocycles. The Morgan fingerprint density at radius 1 is 1.60 bits per heavy atom. The van der Waals surface area contributed by atoms with Crippen LogP contribution in [0.2, 0.25) is 0 Å². The van der Waals surface area contributed by atoms with E-state index in [1.165, 1.54) is 12.3 Å². The van der Waals surface area contributed by atoms with Crippen molar-refractivity contribution in [3.63, 3.8) is 0 Å². The van der Waals surface area contributed by atoms with Gasteiger partial charge in [0.1, 0.15) is 11.4 Å². The molecule has 0 aromatic carbocycles. The molecule has 0 amide bonds. The Hall–Kier alpha value is -0.770. The summed E-state index contributed by atoms with van der Waals surface area (Å²) >= 11 is 2.91. The van der Waals surface area contributed by atoms with Crippen LogP contribution in [0.3, 0.4) is 0 Å². The van der Waals surface area contributed by atoms with Crippen molar-refractivity contribution in [2.45, 2.75) is 0 Å². The minimum absolute atomic E-state index is 0.264. The highest BCUT2D eigenvalue weighted by molar-refractivity contribution is 9.10. The van der Waals surface area contributed by atoms with Crippen LogP contribution in [0.5, 0.6) is 0 Å². The lowest BCUT2D eigenvalue weighted by Crippen LogP contribution is -1.77. The molecule has 0 aliphatic rings. The van der Waals surface area contributed by atoms with E-state index < -0.39 is 0 Å². The van der Waals surface area contributed by atoms with Crippen molar-refractivity contribution in [3.05, 3.63) is 28.7 Å². The van der Waals surface area contributed by atoms with E-state index in [1.54, 1.807) is 6.07 Å². The Labute approximate surface area is 66.2 Å². The monoisotopic (exact) mass is 205 g/mol. The van der Waals surface area contributed by atoms with Gasteiger partial charge in [-0.25, -0.2) is 9.37 Å². The third kappa shape index (κ3) is 2.68. The van der Waals surface area contributed by atoms with Crippen LogP contribution in [0, 0.1) is 5.82 Å². The number of halogens is 2. The molecule has 1 aromatic rings. The van der Waals surface area contributed by atoms with Crippen LogP contribution in [0.25, 0.3) is 0 Å². The predicted molar refractivity (Wildman–Crippen MR) is 39.0 cm³/mol. The molecule has 0 saturated carbocycles. The van der Waals surface area contributed by atoms with Gasteiger partial charge in [-0.05, 0) is 28.1 Å². The van der Waals surface area contributed by atoms with Gasteiger partial charge >= 0.3 is 0 Å². The zero-order valence-corrected chi connectivity index (χ0v) is 6.64. The second-order valence-corrected chi connectivity index (χ2v) is 2.03. The van der Waals surface area contributed by atoms with Crippen LogP contribution in [-0.2, 0) is 4.79 Å². The van der Waals surface area contributed by atoms with Crippen molar-refractivity contribution >= 4 is 22.7 Å². The molecule has 4 heteroatoms. The minimum atomic E-state index is -0.326. The number of pyridine rings is 1. The normalized spacial score (nSPS) is 7.80. The topological polar surface area (TPSA) is 30.0 Å². The van der Waals surface area contributed by atoms with Crippen LogP contribution in [0.15, 0.2) is 22.9 Å². The number of hydrogen-bond donors (Lipinski definition) is 0. The van der Waals surface area contributed by atoms with Crippen LogP contribution in [-0.4, -0.2) is 11.8 Å². The molecule has 0 bridgehead atoms. The first-order valence-electron chi connectivity index (χ1n) is 2.35. The Kier molecular flexibility index (Phi) is 4.66. The number of nitrogens with zero attached hydrogens (tertiary/aromatic N) is 1. The van der Waals surface area contributed by atoms with E-state index in [0.717, 1.165) is 0 Å². The van der Waals surface area contributed by atoms with Gasteiger partial charge in [0.05, 0.1) is 0 Å². The summed E-state index contributed by atoms with van der Waals surface area (Å²) in [6, 6.07) is 2.89. The van der Waals surface area contributed by atoms with E-state index >= 15 is 0 Å². The molecule has 0 radical (unpaired) electrons. The maximum Gasteiger partial charge on any atom is 0.155 e. The highest BCUT2D eigenvalue weighted by Crippen LogP contribution is 2.08. The quantitative estimate of drug-likeness (QED) is 0.605. The summed E-state index contributed by atoms with van der Waals surface area (Å²) in [5.74, 6) is -0.326. The van der Waals surface area contributed by atoms with E-state index in [4.69, 9.17) is 4.79 Å². The first-order chi connectivity index (χ1) is 4.80. The first-order valence-corrected chi connectivity index (χ1v) is 3.15. The van der Waals surface area contributed by atoms with Gasteiger partial charge in [-0.3, -0.25) is 0 Å². The molecule has 0 spiro atoms. The van der Waals surface area contributed by atoms with Crippen LogP contribution in [0.1, 0.15) is 0 Å². The largest absolute Gasteiger partial charge is 0.307 e. The molecule has 2 nitrogen and oxygen atoms in total. The number of rotatable bonds is 0. The maximum atomic E-state index is 12.2. The number of aromatic nitrogens is 1. The second-order valence-electron chi connectivity index (χ2n) is 1.28. The highest BCUT2D eigenvalue weighted by Gasteiger charge is 1.92. The summed E-state index contributed by atoms with van der Waals surface area (Å²) in [5.41, 5.74) is 0. The van der Waals surface area contributed by atoms with Gasteiger partial charge in [-0.15, -0.1) is 0 Å². The lowest BCUT2D eigenvalue weighted by molar-refractivity contribution is -0.0979. The van der Waals surface area contributed by atoms with Crippen molar-refractivity contribution in [3.8, 4) is 0 Å². The summed E-state index contributed by atoms with van der Waals surface area (Å²) in [6.45, 7) is 2.00. The average molecular weight is 206 g/mol. The molecule has 10 heavy (non-hydrogen) atoms. The van der Waals surface area contributed by atoms with E-state index in [1.807, 2.05) is 6.79 Å². The summed E-state index contributed by atoms with van der Waals surface area (Å²) in [4.78, 5) is 11.6. The number of carbonyl (C=O) groups is 1. The van der Waals surface area contributed by atoms with Crippen LogP contribution in [0.4, 0.5) is 4.39 Å². The zero-order valence-electron chi connectivity index (χ0n) is 5.05. The average Bonchev–Trinajstić information content (AvgIpc) is 2.00. The lowest BCUT2D eigenvalue weighted by atomic mass is 10.5. The minimum Gasteiger partial charge on any atom is -0.307 e. The smallest absolute Gasteiger partial charge is 0.155 e. The molecule has 0 aliphatic heterocycles. The van der Waals surface area contributed by atoms with Crippen molar-refractivity contribution in [2.24, 2.45) is 0 Å². The fourth-order valence-electron chi connectivity index (χ4n) is 0.366. The lowest BCUT2D eigenvalue weighted by Gasteiger charge is -1.86. The first kappa shape index (κ1) is 9.23. The molecular weight excluding hydrogens is 201 g/mol. The van der Waals surface area contributed by atoms with Crippen molar-refractivity contribution in [1.82, 2.24) is 4.98 Å². The van der Waals surface area contributed by atoms with Gasteiger partial charge < -0.3 is 4.79 Å². The molecule has 1 rings (SSSR count). The number of hydrogen-bond acceptors (Lipinski definition) is 2. The summed E-state index contributed by atoms with van der Waals surface area (Å²) in [6.07, 6.45) is 1.52. The molecule has 0 aliphatic carbocycles. The summed E-state index contributed by atoms with van der Waals surface area (Å²) < 4.78 is 12.5. The van der Waals surface area contributed by atoms with Gasteiger partial charge in [-0.2, -0.15) is 0 Å². The molecule has 0 fully saturated rings. The van der Waals surface area contributed by atoms with E-state index in [0.29, 0.717) is 0 Å². The third-order valence-corrected chi connectivity index (χ3v) is 1.30. The van der Waals surface area contributed by atoms with Crippen molar-refractivity contribution < 1.29 is 9.18 Å². The Morgan fingerprint density at radius 3 is 2.50 bits per heavy atom. The van der Waals surface area contributed by atoms with Crippen LogP contribution < -0.4 is 0 Å². The maximum absolute atomic E-state index is 12.2. The number of carbonyl (C=O) groups excluding carboxylic acids is 1. The third-order valence-electron chi connectivity index (χ3n) is 0.714. The Bertz CT molecular complexity index is 186. The molecule has 1 aromatic heterocycles. The fraction of sp³-hybridized carbons (Fsp3) is 0. The predicted octanol–water partition coefficient (Wildman–Crippen LogP) is 1.80. The standard InChI is InChI=1S/C5H3BrFN.CH2O/c6-5-4(7)2-1-3-8-5;1-2/h1-3H;1H2. The highest BCUT2D eigenvalue weighted by atomic mass is 79.9. The second kappa shape index (κ2) is 5.05.